The van der Waals surface area contributed by atoms with Gasteiger partial charge in [0.1, 0.15) is 10.7 Å². The molecule has 0 saturated carbocycles. The number of rotatable bonds is 9. The lowest BCUT2D eigenvalue weighted by atomic mass is 10.1. The fourth-order valence-electron chi connectivity index (χ4n) is 3.15. The second-order valence-corrected chi connectivity index (χ2v) is 10.5. The first-order valence-corrected chi connectivity index (χ1v) is 13.5. The highest BCUT2D eigenvalue weighted by Gasteiger charge is 2.15. The van der Waals surface area contributed by atoms with Crippen molar-refractivity contribution >= 4 is 69.3 Å². The van der Waals surface area contributed by atoms with E-state index in [1.165, 1.54) is 23.1 Å². The molecule has 38 heavy (non-hydrogen) atoms. The quantitative estimate of drug-likeness (QED) is 0.179. The van der Waals surface area contributed by atoms with Crippen molar-refractivity contribution in [3.8, 4) is 0 Å². The fourth-order valence-corrected chi connectivity index (χ4v) is 4.58. The Kier molecular flexibility index (Phi) is 9.26. The van der Waals surface area contributed by atoms with Gasteiger partial charge < -0.3 is 10.6 Å². The lowest BCUT2D eigenvalue weighted by molar-refractivity contribution is -0.114. The number of thioether (sulfide) groups is 1. The summed E-state index contributed by atoms with van der Waals surface area (Å²) in [5.74, 6) is -0.884. The molecule has 0 atom stereocenters. The van der Waals surface area contributed by atoms with Crippen LogP contribution in [-0.4, -0.2) is 33.7 Å². The second-order valence-electron chi connectivity index (χ2n) is 7.87. The Morgan fingerprint density at radius 2 is 1.63 bits per heavy atom. The molecule has 3 aromatic carbocycles. The Morgan fingerprint density at radius 1 is 0.921 bits per heavy atom. The van der Waals surface area contributed by atoms with E-state index in [9.17, 15) is 14.4 Å². The normalized spacial score (nSPS) is 11.1. The van der Waals surface area contributed by atoms with Crippen molar-refractivity contribution in [2.24, 2.45) is 0 Å². The molecule has 0 aliphatic heterocycles. The van der Waals surface area contributed by atoms with Crippen LogP contribution in [0.4, 0.5) is 10.8 Å². The highest BCUT2D eigenvalue weighted by molar-refractivity contribution is 8.00. The Morgan fingerprint density at radius 3 is 2.29 bits per heavy atom. The van der Waals surface area contributed by atoms with E-state index in [1.807, 2.05) is 13.0 Å². The van der Waals surface area contributed by atoms with Gasteiger partial charge in [-0.1, -0.05) is 53.3 Å². The Hall–Kier alpha value is -3.99. The molecule has 0 bridgehead atoms. The third kappa shape index (κ3) is 8.01. The highest BCUT2D eigenvalue weighted by Crippen LogP contribution is 2.22. The summed E-state index contributed by atoms with van der Waals surface area (Å²) in [6, 6.07) is 22.6. The SMILES string of the molecule is Cc1nnc(NC(=O)CSc2ccc(NC(=O)C(=Cc3ccc(Cl)cc3)NC(=O)c3ccccc3)cc2)s1. The Labute approximate surface area is 232 Å². The standard InChI is InChI=1S/C27H22ClN5O3S2/c1-17-32-33-27(38-17)31-24(34)16-37-22-13-11-21(12-14-22)29-26(36)23(15-18-7-9-20(28)10-8-18)30-25(35)19-5-3-2-4-6-19/h2-15H,16H2,1H3,(H,29,36)(H,30,35)(H,31,33,34). The van der Waals surface area contributed by atoms with Crippen molar-refractivity contribution in [2.75, 3.05) is 16.4 Å². The number of aryl methyl sites for hydroxylation is 1. The van der Waals surface area contributed by atoms with Gasteiger partial charge >= 0.3 is 0 Å². The number of aromatic nitrogens is 2. The van der Waals surface area contributed by atoms with Crippen LogP contribution < -0.4 is 16.0 Å². The van der Waals surface area contributed by atoms with Crippen molar-refractivity contribution in [1.29, 1.82) is 0 Å². The maximum Gasteiger partial charge on any atom is 0.272 e. The topological polar surface area (TPSA) is 113 Å². The van der Waals surface area contributed by atoms with Crippen molar-refractivity contribution < 1.29 is 14.4 Å². The molecule has 0 fully saturated rings. The number of amides is 3. The smallest absolute Gasteiger partial charge is 0.272 e. The lowest BCUT2D eigenvalue weighted by Gasteiger charge is -2.12. The minimum absolute atomic E-state index is 0.0724. The van der Waals surface area contributed by atoms with Gasteiger partial charge in [0.15, 0.2) is 0 Å². The maximum atomic E-state index is 13.1. The molecule has 3 N–H and O–H groups in total. The van der Waals surface area contributed by atoms with Crippen molar-refractivity contribution in [3.05, 3.63) is 106 Å². The van der Waals surface area contributed by atoms with Crippen LogP contribution in [0, 0.1) is 6.92 Å². The second kappa shape index (κ2) is 13.0. The van der Waals surface area contributed by atoms with Gasteiger partial charge in [0.2, 0.25) is 11.0 Å². The molecule has 11 heteroatoms. The molecule has 0 saturated heterocycles. The predicted molar refractivity (Wildman–Crippen MR) is 152 cm³/mol. The average molecular weight is 564 g/mol. The summed E-state index contributed by atoms with van der Waals surface area (Å²) in [7, 11) is 0. The van der Waals surface area contributed by atoms with Gasteiger partial charge in [-0.15, -0.1) is 22.0 Å². The fraction of sp³-hybridized carbons (Fsp3) is 0.0741. The summed E-state index contributed by atoms with van der Waals surface area (Å²) in [6.07, 6.45) is 1.58. The zero-order valence-electron chi connectivity index (χ0n) is 20.1. The molecule has 4 aromatic rings. The number of halogens is 1. The number of hydrogen-bond donors (Lipinski definition) is 3. The summed E-state index contributed by atoms with van der Waals surface area (Å²) in [5.41, 5.74) is 1.72. The molecule has 0 aliphatic carbocycles. The van der Waals surface area contributed by atoms with E-state index in [2.05, 4.69) is 26.1 Å². The van der Waals surface area contributed by atoms with Crippen LogP contribution in [0.5, 0.6) is 0 Å². The van der Waals surface area contributed by atoms with Gasteiger partial charge in [-0.05, 0) is 67.1 Å². The first-order chi connectivity index (χ1) is 18.4. The summed E-state index contributed by atoms with van der Waals surface area (Å²) in [4.78, 5) is 38.9. The highest BCUT2D eigenvalue weighted by atomic mass is 35.5. The van der Waals surface area contributed by atoms with E-state index < -0.39 is 11.8 Å². The number of anilines is 2. The van der Waals surface area contributed by atoms with E-state index >= 15 is 0 Å². The summed E-state index contributed by atoms with van der Waals surface area (Å²) < 4.78 is 0. The van der Waals surface area contributed by atoms with E-state index in [-0.39, 0.29) is 17.4 Å². The number of nitrogens with one attached hydrogen (secondary N) is 3. The number of nitrogens with zero attached hydrogens (tertiary/aromatic N) is 2. The molecule has 4 rings (SSSR count). The minimum atomic E-state index is -0.489. The molecule has 192 valence electrons. The first-order valence-electron chi connectivity index (χ1n) is 11.3. The molecule has 0 aliphatic rings. The van der Waals surface area contributed by atoms with E-state index in [0.29, 0.717) is 27.0 Å². The zero-order chi connectivity index (χ0) is 26.9. The number of benzene rings is 3. The molecule has 1 heterocycles. The van der Waals surface area contributed by atoms with E-state index in [1.54, 1.807) is 78.9 Å². The van der Waals surface area contributed by atoms with Crippen LogP contribution >= 0.6 is 34.7 Å². The van der Waals surface area contributed by atoms with Crippen molar-refractivity contribution in [1.82, 2.24) is 15.5 Å². The largest absolute Gasteiger partial charge is 0.321 e. The minimum Gasteiger partial charge on any atom is -0.321 e. The third-order valence-electron chi connectivity index (χ3n) is 4.96. The van der Waals surface area contributed by atoms with Gasteiger partial charge in [0.05, 0.1) is 5.75 Å². The molecule has 0 unspecified atom stereocenters. The molecular weight excluding hydrogens is 542 g/mol. The van der Waals surface area contributed by atoms with Crippen LogP contribution in [0.3, 0.4) is 0 Å². The Bertz CT molecular complexity index is 1460. The van der Waals surface area contributed by atoms with Crippen molar-refractivity contribution in [3.63, 3.8) is 0 Å². The van der Waals surface area contributed by atoms with Gasteiger partial charge in [0, 0.05) is 21.2 Å². The van der Waals surface area contributed by atoms with E-state index in [0.717, 1.165) is 9.90 Å². The monoisotopic (exact) mass is 563 g/mol. The summed E-state index contributed by atoms with van der Waals surface area (Å²) in [6.45, 7) is 1.82. The lowest BCUT2D eigenvalue weighted by Crippen LogP contribution is -2.30. The Balaban J connectivity index is 1.40. The van der Waals surface area contributed by atoms with Gasteiger partial charge in [-0.25, -0.2) is 0 Å². The number of hydrogen-bond acceptors (Lipinski definition) is 7. The van der Waals surface area contributed by atoms with Gasteiger partial charge in [-0.2, -0.15) is 0 Å². The number of carbonyl (C=O) groups excluding carboxylic acids is 3. The van der Waals surface area contributed by atoms with Crippen molar-refractivity contribution in [2.45, 2.75) is 11.8 Å². The van der Waals surface area contributed by atoms with Crippen LogP contribution in [0.25, 0.3) is 6.08 Å². The first kappa shape index (κ1) is 27.1. The maximum absolute atomic E-state index is 13.1. The average Bonchev–Trinajstić information content (AvgIpc) is 3.33. The summed E-state index contributed by atoms with van der Waals surface area (Å²) in [5, 5.41) is 17.8. The van der Waals surface area contributed by atoms with Crippen LogP contribution in [0.15, 0.2) is 89.5 Å². The van der Waals surface area contributed by atoms with Crippen LogP contribution in [-0.2, 0) is 9.59 Å². The molecule has 0 radical (unpaired) electrons. The van der Waals surface area contributed by atoms with Gasteiger partial charge in [0.25, 0.3) is 11.8 Å². The zero-order valence-corrected chi connectivity index (χ0v) is 22.5. The third-order valence-corrected chi connectivity index (χ3v) is 6.98. The summed E-state index contributed by atoms with van der Waals surface area (Å²) >= 11 is 8.63. The van der Waals surface area contributed by atoms with Crippen LogP contribution in [0.2, 0.25) is 5.02 Å². The van der Waals surface area contributed by atoms with E-state index in [4.69, 9.17) is 11.6 Å². The molecule has 3 amide bonds. The molecule has 0 spiro atoms. The molecular formula is C27H22ClN5O3S2. The van der Waals surface area contributed by atoms with Crippen LogP contribution in [0.1, 0.15) is 20.9 Å². The molecule has 1 aromatic heterocycles. The van der Waals surface area contributed by atoms with Gasteiger partial charge in [-0.3, -0.25) is 19.7 Å². The number of carbonyl (C=O) groups is 3. The molecule has 8 nitrogen and oxygen atoms in total. The predicted octanol–water partition coefficient (Wildman–Crippen LogP) is 5.64.